The molecule has 5 nitrogen and oxygen atoms in total. The number of halogens is 1. The highest BCUT2D eigenvalue weighted by atomic mass is 35.5. The van der Waals surface area contributed by atoms with Gasteiger partial charge in [0.25, 0.3) is 0 Å². The molecule has 1 aromatic carbocycles. The molecular weight excluding hydrogens is 336 g/mol. The molecule has 0 spiro atoms. The van der Waals surface area contributed by atoms with Gasteiger partial charge in [-0.05, 0) is 56.9 Å². The van der Waals surface area contributed by atoms with Crippen LogP contribution in [0.4, 0.5) is 0 Å². The maximum atomic E-state index is 6.16. The molecule has 0 aliphatic rings. The van der Waals surface area contributed by atoms with Gasteiger partial charge in [0.05, 0.1) is 11.8 Å². The van der Waals surface area contributed by atoms with Crippen molar-refractivity contribution in [1.29, 1.82) is 0 Å². The minimum absolute atomic E-state index is 0.161. The molecule has 0 fully saturated rings. The molecule has 132 valence electrons. The van der Waals surface area contributed by atoms with Crippen molar-refractivity contribution >= 4 is 22.8 Å². The van der Waals surface area contributed by atoms with E-state index in [-0.39, 0.29) is 6.10 Å². The number of ether oxygens (including phenoxy) is 1. The van der Waals surface area contributed by atoms with Crippen molar-refractivity contribution in [3.05, 3.63) is 40.0 Å². The van der Waals surface area contributed by atoms with Gasteiger partial charge in [-0.3, -0.25) is 0 Å². The summed E-state index contributed by atoms with van der Waals surface area (Å²) in [5.41, 5.74) is 5.28. The maximum Gasteiger partial charge on any atom is 0.187 e. The van der Waals surface area contributed by atoms with Crippen LogP contribution in [-0.4, -0.2) is 26.1 Å². The van der Waals surface area contributed by atoms with Crippen LogP contribution in [0.5, 0.6) is 5.75 Å². The molecule has 0 aliphatic heterocycles. The molecule has 6 heteroatoms. The zero-order valence-electron chi connectivity index (χ0n) is 15.3. The monoisotopic (exact) mass is 358 g/mol. The smallest absolute Gasteiger partial charge is 0.187 e. The number of benzene rings is 1. The van der Waals surface area contributed by atoms with Crippen molar-refractivity contribution in [1.82, 2.24) is 20.0 Å². The molecule has 0 atom stereocenters. The zero-order valence-corrected chi connectivity index (χ0v) is 16.1. The number of aromatic nitrogens is 4. The first-order chi connectivity index (χ1) is 11.9. The van der Waals surface area contributed by atoms with Gasteiger partial charge in [0.2, 0.25) is 0 Å². The molecule has 0 radical (unpaired) electrons. The summed E-state index contributed by atoms with van der Waals surface area (Å²) in [4.78, 5) is 4.66. The Morgan fingerprint density at radius 2 is 1.72 bits per heavy atom. The normalized spacial score (nSPS) is 11.5. The van der Waals surface area contributed by atoms with Crippen LogP contribution in [0.15, 0.2) is 18.2 Å². The van der Waals surface area contributed by atoms with Crippen LogP contribution in [0.3, 0.4) is 0 Å². The molecular formula is C19H23ClN4O. The van der Waals surface area contributed by atoms with E-state index in [0.717, 1.165) is 41.1 Å². The van der Waals surface area contributed by atoms with Gasteiger partial charge in [-0.15, -0.1) is 5.10 Å². The predicted octanol–water partition coefficient (Wildman–Crippen LogP) is 4.96. The number of pyridine rings is 1. The molecule has 3 aromatic rings. The molecule has 0 saturated heterocycles. The number of hydrogen-bond donors (Lipinski definition) is 0. The third-order valence-corrected chi connectivity index (χ3v) is 4.59. The minimum atomic E-state index is 0.161. The second kappa shape index (κ2) is 7.00. The second-order valence-electron chi connectivity index (χ2n) is 6.38. The fourth-order valence-corrected chi connectivity index (χ4v) is 3.43. The van der Waals surface area contributed by atoms with Gasteiger partial charge in [0.1, 0.15) is 0 Å². The van der Waals surface area contributed by atoms with E-state index in [1.54, 1.807) is 4.68 Å². The highest BCUT2D eigenvalue weighted by Crippen LogP contribution is 2.30. The Morgan fingerprint density at radius 1 is 1.08 bits per heavy atom. The SMILES string of the molecule is CCC(CC)Oc1cc(C)nc2c1nnn2-c1c(C)cc(Cl)cc1C. The van der Waals surface area contributed by atoms with Crippen LogP contribution >= 0.6 is 11.6 Å². The largest absolute Gasteiger partial charge is 0.488 e. The third-order valence-electron chi connectivity index (χ3n) is 4.37. The quantitative estimate of drug-likeness (QED) is 0.646. The molecule has 0 saturated carbocycles. The fourth-order valence-electron chi connectivity index (χ4n) is 3.11. The number of fused-ring (bicyclic) bond motifs is 1. The van der Waals surface area contributed by atoms with E-state index in [9.17, 15) is 0 Å². The highest BCUT2D eigenvalue weighted by Gasteiger charge is 2.18. The van der Waals surface area contributed by atoms with E-state index < -0.39 is 0 Å². The number of hydrogen-bond acceptors (Lipinski definition) is 4. The molecule has 0 aliphatic carbocycles. The van der Waals surface area contributed by atoms with Crippen LogP contribution in [0.25, 0.3) is 16.9 Å². The maximum absolute atomic E-state index is 6.16. The van der Waals surface area contributed by atoms with E-state index in [2.05, 4.69) is 29.1 Å². The lowest BCUT2D eigenvalue weighted by Crippen LogP contribution is -2.14. The van der Waals surface area contributed by atoms with Crippen molar-refractivity contribution in [3.8, 4) is 11.4 Å². The Morgan fingerprint density at radius 3 is 2.32 bits per heavy atom. The van der Waals surface area contributed by atoms with Crippen molar-refractivity contribution < 1.29 is 4.74 Å². The Kier molecular flexibility index (Phi) is 4.95. The Balaban J connectivity index is 2.19. The Hall–Kier alpha value is -2.14. The van der Waals surface area contributed by atoms with Gasteiger partial charge in [0.15, 0.2) is 16.9 Å². The van der Waals surface area contributed by atoms with E-state index in [1.807, 2.05) is 39.0 Å². The van der Waals surface area contributed by atoms with Gasteiger partial charge in [-0.25, -0.2) is 4.98 Å². The summed E-state index contributed by atoms with van der Waals surface area (Å²) in [6.45, 7) is 10.2. The van der Waals surface area contributed by atoms with Crippen LogP contribution in [-0.2, 0) is 0 Å². The molecule has 25 heavy (non-hydrogen) atoms. The summed E-state index contributed by atoms with van der Waals surface area (Å²) in [7, 11) is 0. The fraction of sp³-hybridized carbons (Fsp3) is 0.421. The van der Waals surface area contributed by atoms with E-state index in [0.29, 0.717) is 16.2 Å². The number of aryl methyl sites for hydroxylation is 3. The summed E-state index contributed by atoms with van der Waals surface area (Å²) in [5, 5.41) is 9.43. The summed E-state index contributed by atoms with van der Waals surface area (Å²) in [6, 6.07) is 5.78. The third kappa shape index (κ3) is 3.33. The lowest BCUT2D eigenvalue weighted by molar-refractivity contribution is 0.195. The van der Waals surface area contributed by atoms with Gasteiger partial charge < -0.3 is 4.74 Å². The topological polar surface area (TPSA) is 52.8 Å². The van der Waals surface area contributed by atoms with Crippen LogP contribution in [0, 0.1) is 20.8 Å². The zero-order chi connectivity index (χ0) is 18.1. The van der Waals surface area contributed by atoms with Gasteiger partial charge in [-0.2, -0.15) is 4.68 Å². The number of rotatable bonds is 5. The van der Waals surface area contributed by atoms with Crippen LogP contribution in [0.2, 0.25) is 5.02 Å². The van der Waals surface area contributed by atoms with Gasteiger partial charge >= 0.3 is 0 Å². The molecule has 0 N–H and O–H groups in total. The van der Waals surface area contributed by atoms with Gasteiger partial charge in [0, 0.05) is 16.8 Å². The highest BCUT2D eigenvalue weighted by molar-refractivity contribution is 6.30. The van der Waals surface area contributed by atoms with Crippen molar-refractivity contribution in [2.24, 2.45) is 0 Å². The summed E-state index contributed by atoms with van der Waals surface area (Å²) >= 11 is 6.16. The van der Waals surface area contributed by atoms with Crippen molar-refractivity contribution in [2.45, 2.75) is 53.6 Å². The van der Waals surface area contributed by atoms with Crippen molar-refractivity contribution in [3.63, 3.8) is 0 Å². The second-order valence-corrected chi connectivity index (χ2v) is 6.82. The first-order valence-corrected chi connectivity index (χ1v) is 8.99. The van der Waals surface area contributed by atoms with Crippen LogP contribution in [0.1, 0.15) is 43.5 Å². The first kappa shape index (κ1) is 17.7. The molecule has 3 rings (SSSR count). The average molecular weight is 359 g/mol. The minimum Gasteiger partial charge on any atom is -0.488 e. The Labute approximate surface area is 153 Å². The van der Waals surface area contributed by atoms with Crippen molar-refractivity contribution in [2.75, 3.05) is 0 Å². The molecule has 0 unspecified atom stereocenters. The summed E-state index contributed by atoms with van der Waals surface area (Å²) < 4.78 is 7.94. The molecule has 0 bridgehead atoms. The van der Waals surface area contributed by atoms with E-state index in [1.165, 1.54) is 0 Å². The Bertz CT molecular complexity index is 892. The molecule has 2 heterocycles. The van der Waals surface area contributed by atoms with E-state index >= 15 is 0 Å². The average Bonchev–Trinajstić information content (AvgIpc) is 2.95. The standard InChI is InChI=1S/C19H23ClN4O/c1-6-15(7-2)25-16-10-13(5)21-19-17(16)22-23-24(19)18-11(3)8-14(20)9-12(18)4/h8-10,15H,6-7H2,1-5H3. The lowest BCUT2D eigenvalue weighted by atomic mass is 10.1. The summed E-state index contributed by atoms with van der Waals surface area (Å²) in [6.07, 6.45) is 2.06. The van der Waals surface area contributed by atoms with Gasteiger partial charge in [-0.1, -0.05) is 30.7 Å². The number of nitrogens with zero attached hydrogens (tertiary/aromatic N) is 4. The molecule has 0 amide bonds. The molecule has 2 aromatic heterocycles. The predicted molar refractivity (Wildman–Crippen MR) is 101 cm³/mol. The summed E-state index contributed by atoms with van der Waals surface area (Å²) in [5.74, 6) is 0.742. The lowest BCUT2D eigenvalue weighted by Gasteiger charge is -2.16. The van der Waals surface area contributed by atoms with E-state index in [4.69, 9.17) is 16.3 Å². The van der Waals surface area contributed by atoms with Crippen LogP contribution < -0.4 is 4.74 Å². The first-order valence-electron chi connectivity index (χ1n) is 8.61.